The highest BCUT2D eigenvalue weighted by atomic mass is 19.4. The van der Waals surface area contributed by atoms with Crippen LogP contribution in [0, 0.1) is 0 Å². The molecule has 0 aliphatic heterocycles. The predicted octanol–water partition coefficient (Wildman–Crippen LogP) is 5.50. The number of hydrogen-bond acceptors (Lipinski definition) is 4. The van der Waals surface area contributed by atoms with Crippen LogP contribution >= 0.6 is 0 Å². The molecule has 3 rings (SSSR count). The third kappa shape index (κ3) is 6.57. The third-order valence-corrected chi connectivity index (χ3v) is 5.05. The Hall–Kier alpha value is -3.88. The third-order valence-electron chi connectivity index (χ3n) is 5.05. The molecule has 2 N–H and O–H groups in total. The lowest BCUT2D eigenvalue weighted by atomic mass is 10.0. The molecule has 1 heterocycles. The predicted molar refractivity (Wildman–Crippen MR) is 119 cm³/mol. The zero-order valence-corrected chi connectivity index (χ0v) is 18.3. The number of carbonyl (C=O) groups is 2. The first kappa shape index (κ1) is 24.8. The molecule has 6 nitrogen and oxygen atoms in total. The first-order valence-electron chi connectivity index (χ1n) is 10.6. The SMILES string of the molecule is CC[C@@H](Oc1ccc(C(=O)NCCC(=O)O)cc1)c1ccc(-c2ccc(C(F)(F)F)cc2)cn1. The molecule has 1 atom stereocenters. The van der Waals surface area contributed by atoms with Crippen molar-refractivity contribution in [3.05, 3.63) is 83.7 Å². The molecule has 2 aromatic carbocycles. The van der Waals surface area contributed by atoms with Crippen molar-refractivity contribution in [3.8, 4) is 16.9 Å². The molecule has 3 aromatic rings. The minimum atomic E-state index is -4.38. The Bertz CT molecular complexity index is 1110. The van der Waals surface area contributed by atoms with Crippen molar-refractivity contribution < 1.29 is 32.6 Å². The van der Waals surface area contributed by atoms with Crippen LogP contribution in [0.25, 0.3) is 11.1 Å². The summed E-state index contributed by atoms with van der Waals surface area (Å²) in [6, 6.07) is 14.9. The van der Waals surface area contributed by atoms with E-state index in [0.29, 0.717) is 34.6 Å². The van der Waals surface area contributed by atoms with Crippen molar-refractivity contribution in [2.24, 2.45) is 0 Å². The van der Waals surface area contributed by atoms with Gasteiger partial charge in [0.15, 0.2) is 0 Å². The number of benzene rings is 2. The van der Waals surface area contributed by atoms with E-state index < -0.39 is 17.7 Å². The molecule has 0 saturated carbocycles. The second-order valence-electron chi connectivity index (χ2n) is 7.49. The number of halogens is 3. The van der Waals surface area contributed by atoms with Gasteiger partial charge in [-0.25, -0.2) is 0 Å². The number of ether oxygens (including phenoxy) is 1. The van der Waals surface area contributed by atoms with Gasteiger partial charge in [-0.2, -0.15) is 13.2 Å². The van der Waals surface area contributed by atoms with E-state index >= 15 is 0 Å². The Morgan fingerprint density at radius 1 is 1.00 bits per heavy atom. The smallest absolute Gasteiger partial charge is 0.416 e. The van der Waals surface area contributed by atoms with Gasteiger partial charge in [-0.05, 0) is 54.4 Å². The fraction of sp³-hybridized carbons (Fsp3) is 0.240. The van der Waals surface area contributed by atoms with Gasteiger partial charge in [0.25, 0.3) is 5.91 Å². The highest BCUT2D eigenvalue weighted by molar-refractivity contribution is 5.94. The van der Waals surface area contributed by atoms with Gasteiger partial charge in [-0.1, -0.05) is 25.1 Å². The summed E-state index contributed by atoms with van der Waals surface area (Å²) in [6.45, 7) is 1.97. The number of nitrogens with one attached hydrogen (secondary N) is 1. The van der Waals surface area contributed by atoms with Crippen molar-refractivity contribution in [2.45, 2.75) is 32.0 Å². The number of carbonyl (C=O) groups excluding carboxylic acids is 1. The van der Waals surface area contributed by atoms with Crippen molar-refractivity contribution in [3.63, 3.8) is 0 Å². The lowest BCUT2D eigenvalue weighted by Gasteiger charge is -2.18. The summed E-state index contributed by atoms with van der Waals surface area (Å²) in [5, 5.41) is 11.2. The Balaban J connectivity index is 1.64. The van der Waals surface area contributed by atoms with E-state index in [4.69, 9.17) is 9.84 Å². The quantitative estimate of drug-likeness (QED) is 0.429. The van der Waals surface area contributed by atoms with Crippen LogP contribution in [0.1, 0.15) is 47.5 Å². The Morgan fingerprint density at radius 3 is 2.18 bits per heavy atom. The maximum absolute atomic E-state index is 12.8. The number of nitrogens with zero attached hydrogens (tertiary/aromatic N) is 1. The minimum Gasteiger partial charge on any atom is -0.484 e. The second-order valence-corrected chi connectivity index (χ2v) is 7.49. The molecule has 0 unspecified atom stereocenters. The summed E-state index contributed by atoms with van der Waals surface area (Å²) < 4.78 is 44.3. The molecule has 0 bridgehead atoms. The highest BCUT2D eigenvalue weighted by Gasteiger charge is 2.30. The van der Waals surface area contributed by atoms with Crippen LogP contribution in [-0.2, 0) is 11.0 Å². The van der Waals surface area contributed by atoms with Gasteiger partial charge in [0.2, 0.25) is 0 Å². The molecule has 0 saturated heterocycles. The van der Waals surface area contributed by atoms with E-state index in [9.17, 15) is 22.8 Å². The molecule has 1 amide bonds. The molecule has 0 spiro atoms. The average molecular weight is 472 g/mol. The van der Waals surface area contributed by atoms with Gasteiger partial charge in [-0.3, -0.25) is 14.6 Å². The van der Waals surface area contributed by atoms with Crippen LogP contribution in [0.15, 0.2) is 66.9 Å². The fourth-order valence-electron chi connectivity index (χ4n) is 3.21. The number of hydrogen-bond donors (Lipinski definition) is 2. The Kier molecular flexibility index (Phi) is 7.88. The van der Waals surface area contributed by atoms with Crippen LogP contribution in [-0.4, -0.2) is 28.5 Å². The number of aliphatic carboxylic acids is 1. The summed E-state index contributed by atoms with van der Waals surface area (Å²) in [5.41, 5.74) is 1.64. The lowest BCUT2D eigenvalue weighted by molar-refractivity contribution is -0.138. The zero-order chi connectivity index (χ0) is 24.7. The van der Waals surface area contributed by atoms with Gasteiger partial charge >= 0.3 is 12.1 Å². The van der Waals surface area contributed by atoms with E-state index in [1.807, 2.05) is 6.92 Å². The van der Waals surface area contributed by atoms with Crippen LogP contribution in [0.2, 0.25) is 0 Å². The van der Waals surface area contributed by atoms with Gasteiger partial charge in [0, 0.05) is 23.9 Å². The summed E-state index contributed by atoms with van der Waals surface area (Å²) in [5.74, 6) is -0.835. The minimum absolute atomic E-state index is 0.0401. The molecular formula is C25H23F3N2O4. The number of alkyl halides is 3. The lowest BCUT2D eigenvalue weighted by Crippen LogP contribution is -2.25. The highest BCUT2D eigenvalue weighted by Crippen LogP contribution is 2.31. The standard InChI is InChI=1S/C25H23F3N2O4/c1-2-22(34-20-10-5-17(6-11-20)24(33)29-14-13-23(31)32)21-12-7-18(15-30-21)16-3-8-19(9-4-16)25(26,27)28/h3-12,15,22H,2,13-14H2,1H3,(H,29,33)(H,31,32)/t22-/m1/s1. The van der Waals surface area contributed by atoms with Crippen LogP contribution in [0.5, 0.6) is 5.75 Å². The average Bonchev–Trinajstić information content (AvgIpc) is 2.82. The van der Waals surface area contributed by atoms with Gasteiger partial charge in [0.1, 0.15) is 11.9 Å². The number of rotatable bonds is 9. The summed E-state index contributed by atoms with van der Waals surface area (Å²) >= 11 is 0. The van der Waals surface area contributed by atoms with E-state index in [-0.39, 0.29) is 25.0 Å². The maximum Gasteiger partial charge on any atom is 0.416 e. The second kappa shape index (κ2) is 10.8. The molecule has 0 aliphatic rings. The fourth-order valence-corrected chi connectivity index (χ4v) is 3.21. The van der Waals surface area contributed by atoms with Crippen LogP contribution in [0.3, 0.4) is 0 Å². The summed E-state index contributed by atoms with van der Waals surface area (Å²) in [7, 11) is 0. The Morgan fingerprint density at radius 2 is 1.65 bits per heavy atom. The zero-order valence-electron chi connectivity index (χ0n) is 18.3. The van der Waals surface area contributed by atoms with E-state index in [1.54, 1.807) is 42.6 Å². The molecule has 0 aliphatic carbocycles. The normalized spacial score (nSPS) is 12.1. The van der Waals surface area contributed by atoms with E-state index in [0.717, 1.165) is 12.1 Å². The van der Waals surface area contributed by atoms with Crippen molar-refractivity contribution >= 4 is 11.9 Å². The van der Waals surface area contributed by atoms with E-state index in [1.165, 1.54) is 12.1 Å². The van der Waals surface area contributed by atoms with Gasteiger partial charge in [-0.15, -0.1) is 0 Å². The molecular weight excluding hydrogens is 449 g/mol. The first-order chi connectivity index (χ1) is 16.2. The molecule has 1 aromatic heterocycles. The number of carboxylic acids is 1. The Labute approximate surface area is 194 Å². The van der Waals surface area contributed by atoms with Gasteiger partial charge in [0.05, 0.1) is 17.7 Å². The van der Waals surface area contributed by atoms with Crippen LogP contribution in [0.4, 0.5) is 13.2 Å². The van der Waals surface area contributed by atoms with Crippen LogP contribution < -0.4 is 10.1 Å². The summed E-state index contributed by atoms with van der Waals surface area (Å²) in [6.07, 6.45) is -2.69. The monoisotopic (exact) mass is 472 g/mol. The van der Waals surface area contributed by atoms with Crippen molar-refractivity contribution in [1.29, 1.82) is 0 Å². The number of pyridine rings is 1. The number of aromatic nitrogens is 1. The van der Waals surface area contributed by atoms with Crippen molar-refractivity contribution in [2.75, 3.05) is 6.54 Å². The molecule has 0 radical (unpaired) electrons. The molecule has 178 valence electrons. The molecule has 9 heteroatoms. The van der Waals surface area contributed by atoms with E-state index in [2.05, 4.69) is 10.3 Å². The topological polar surface area (TPSA) is 88.5 Å². The summed E-state index contributed by atoms with van der Waals surface area (Å²) in [4.78, 5) is 27.0. The van der Waals surface area contributed by atoms with Gasteiger partial charge < -0.3 is 15.2 Å². The first-order valence-corrected chi connectivity index (χ1v) is 10.6. The molecule has 34 heavy (non-hydrogen) atoms. The number of carboxylic acid groups (broad SMARTS) is 1. The largest absolute Gasteiger partial charge is 0.484 e. The maximum atomic E-state index is 12.8. The number of amides is 1. The van der Waals surface area contributed by atoms with Crippen molar-refractivity contribution in [1.82, 2.24) is 10.3 Å². The molecule has 0 fully saturated rings.